The van der Waals surface area contributed by atoms with E-state index >= 15 is 0 Å². The van der Waals surface area contributed by atoms with Crippen LogP contribution < -0.4 is 10.6 Å². The number of thiophene rings is 1. The molecule has 1 aliphatic carbocycles. The van der Waals surface area contributed by atoms with Gasteiger partial charge in [0.05, 0.1) is 12.2 Å². The molecule has 0 atom stereocenters. The number of aryl methyl sites for hydroxylation is 1. The summed E-state index contributed by atoms with van der Waals surface area (Å²) in [5.41, 5.74) is 2.12. The highest BCUT2D eigenvalue weighted by molar-refractivity contribution is 7.17. The molecule has 0 bridgehead atoms. The summed E-state index contributed by atoms with van der Waals surface area (Å²) < 4.78 is 5.15. The number of nitrogens with zero attached hydrogens (tertiary/aromatic N) is 1. The Hall–Kier alpha value is -2.74. The van der Waals surface area contributed by atoms with Crippen LogP contribution in [-0.4, -0.2) is 29.4 Å². The smallest absolute Gasteiger partial charge is 0.341 e. The third-order valence-corrected chi connectivity index (χ3v) is 5.47. The molecule has 2 amide bonds. The van der Waals surface area contributed by atoms with Crippen molar-refractivity contribution < 1.29 is 19.1 Å². The first-order chi connectivity index (χ1) is 13.1. The molecular formula is C19H21N3O4S. The number of fused-ring (bicyclic) bond motifs is 1. The zero-order valence-corrected chi connectivity index (χ0v) is 15.9. The number of aromatic nitrogens is 1. The average Bonchev–Trinajstić information content (AvgIpc) is 3.04. The SMILES string of the molecule is CCOC(=O)c1c(NC(=O)C(=O)NCc2cccnc2)sc2c1CCCC2. The Labute approximate surface area is 161 Å². The number of amides is 2. The number of carbonyl (C=O) groups excluding carboxylic acids is 3. The zero-order valence-electron chi connectivity index (χ0n) is 15.0. The number of hydrogen-bond acceptors (Lipinski definition) is 6. The van der Waals surface area contributed by atoms with Gasteiger partial charge in [-0.05, 0) is 49.8 Å². The standard InChI is InChI=1S/C19H21N3O4S/c1-2-26-19(25)15-13-7-3-4-8-14(13)27-18(15)22-17(24)16(23)21-11-12-6-5-9-20-10-12/h5-6,9-10H,2-4,7-8,11H2,1H3,(H,21,23)(H,22,24). The van der Waals surface area contributed by atoms with Gasteiger partial charge in [0.1, 0.15) is 5.00 Å². The fourth-order valence-corrected chi connectivity index (χ4v) is 4.27. The number of rotatable bonds is 5. The van der Waals surface area contributed by atoms with Crippen LogP contribution in [0.4, 0.5) is 5.00 Å². The number of esters is 1. The van der Waals surface area contributed by atoms with Crippen LogP contribution in [0.3, 0.4) is 0 Å². The molecule has 0 saturated carbocycles. The minimum Gasteiger partial charge on any atom is -0.462 e. The van der Waals surface area contributed by atoms with E-state index in [9.17, 15) is 14.4 Å². The molecule has 2 heterocycles. The van der Waals surface area contributed by atoms with Gasteiger partial charge in [-0.2, -0.15) is 0 Å². The highest BCUT2D eigenvalue weighted by Gasteiger charge is 2.28. The lowest BCUT2D eigenvalue weighted by atomic mass is 9.95. The monoisotopic (exact) mass is 387 g/mol. The molecule has 0 fully saturated rings. The highest BCUT2D eigenvalue weighted by atomic mass is 32.1. The lowest BCUT2D eigenvalue weighted by molar-refractivity contribution is -0.136. The van der Waals surface area contributed by atoms with Crippen molar-refractivity contribution in [2.24, 2.45) is 0 Å². The summed E-state index contributed by atoms with van der Waals surface area (Å²) >= 11 is 1.35. The van der Waals surface area contributed by atoms with Crippen LogP contribution >= 0.6 is 11.3 Å². The van der Waals surface area contributed by atoms with Gasteiger partial charge in [-0.15, -0.1) is 11.3 Å². The van der Waals surface area contributed by atoms with Crippen molar-refractivity contribution in [3.63, 3.8) is 0 Å². The van der Waals surface area contributed by atoms with Gasteiger partial charge in [0.2, 0.25) is 0 Å². The Morgan fingerprint density at radius 2 is 2.04 bits per heavy atom. The number of pyridine rings is 1. The maximum atomic E-state index is 12.4. The van der Waals surface area contributed by atoms with Crippen molar-refractivity contribution >= 4 is 34.1 Å². The Balaban J connectivity index is 1.72. The second kappa shape index (κ2) is 8.77. The summed E-state index contributed by atoms with van der Waals surface area (Å²) in [6, 6.07) is 3.56. The van der Waals surface area contributed by atoms with Gasteiger partial charge < -0.3 is 15.4 Å². The zero-order chi connectivity index (χ0) is 19.2. The maximum Gasteiger partial charge on any atom is 0.341 e. The fraction of sp³-hybridized carbons (Fsp3) is 0.368. The first kappa shape index (κ1) is 19.0. The molecule has 0 unspecified atom stereocenters. The van der Waals surface area contributed by atoms with E-state index in [1.165, 1.54) is 11.3 Å². The number of anilines is 1. The summed E-state index contributed by atoms with van der Waals surface area (Å²) in [6.45, 7) is 2.19. The van der Waals surface area contributed by atoms with Crippen LogP contribution in [0.1, 0.15) is 46.1 Å². The van der Waals surface area contributed by atoms with Gasteiger partial charge >= 0.3 is 17.8 Å². The Morgan fingerprint density at radius 1 is 1.22 bits per heavy atom. The molecular weight excluding hydrogens is 366 g/mol. The van der Waals surface area contributed by atoms with Crippen LogP contribution in [0.25, 0.3) is 0 Å². The van der Waals surface area contributed by atoms with Gasteiger partial charge in [0, 0.05) is 23.8 Å². The quantitative estimate of drug-likeness (QED) is 0.607. The van der Waals surface area contributed by atoms with Gasteiger partial charge in [0.15, 0.2) is 0 Å². The van der Waals surface area contributed by atoms with Crippen LogP contribution in [0, 0.1) is 0 Å². The van der Waals surface area contributed by atoms with E-state index in [1.54, 1.807) is 31.5 Å². The van der Waals surface area contributed by atoms with E-state index in [4.69, 9.17) is 4.74 Å². The van der Waals surface area contributed by atoms with Crippen LogP contribution in [-0.2, 0) is 33.7 Å². The molecule has 142 valence electrons. The average molecular weight is 387 g/mol. The summed E-state index contributed by atoms with van der Waals surface area (Å²) in [4.78, 5) is 41.8. The highest BCUT2D eigenvalue weighted by Crippen LogP contribution is 2.38. The summed E-state index contributed by atoms with van der Waals surface area (Å²) in [5.74, 6) is -2.02. The molecule has 1 aliphatic rings. The first-order valence-corrected chi connectivity index (χ1v) is 9.71. The van der Waals surface area contributed by atoms with Crippen molar-refractivity contribution in [2.45, 2.75) is 39.2 Å². The first-order valence-electron chi connectivity index (χ1n) is 8.90. The lowest BCUT2D eigenvalue weighted by Gasteiger charge is -2.12. The molecule has 2 N–H and O–H groups in total. The van der Waals surface area contributed by atoms with Crippen molar-refractivity contribution in [3.05, 3.63) is 46.1 Å². The molecule has 0 aromatic carbocycles. The summed E-state index contributed by atoms with van der Waals surface area (Å²) in [5, 5.41) is 5.54. The Morgan fingerprint density at radius 3 is 2.78 bits per heavy atom. The molecule has 7 nitrogen and oxygen atoms in total. The third-order valence-electron chi connectivity index (χ3n) is 4.26. The molecule has 27 heavy (non-hydrogen) atoms. The summed E-state index contributed by atoms with van der Waals surface area (Å²) in [6.07, 6.45) is 6.94. The van der Waals surface area contributed by atoms with E-state index in [0.29, 0.717) is 10.6 Å². The number of nitrogens with one attached hydrogen (secondary N) is 2. The van der Waals surface area contributed by atoms with Crippen molar-refractivity contribution in [2.75, 3.05) is 11.9 Å². The van der Waals surface area contributed by atoms with Crippen molar-refractivity contribution in [1.29, 1.82) is 0 Å². The van der Waals surface area contributed by atoms with E-state index in [0.717, 1.165) is 41.7 Å². The molecule has 2 aromatic heterocycles. The second-order valence-electron chi connectivity index (χ2n) is 6.13. The van der Waals surface area contributed by atoms with E-state index in [2.05, 4.69) is 15.6 Å². The van der Waals surface area contributed by atoms with Crippen molar-refractivity contribution in [3.8, 4) is 0 Å². The topological polar surface area (TPSA) is 97.4 Å². The summed E-state index contributed by atoms with van der Waals surface area (Å²) in [7, 11) is 0. The molecule has 0 aliphatic heterocycles. The van der Waals surface area contributed by atoms with E-state index in [-0.39, 0.29) is 13.2 Å². The number of ether oxygens (including phenoxy) is 1. The van der Waals surface area contributed by atoms with E-state index in [1.807, 2.05) is 0 Å². The molecule has 8 heteroatoms. The Kier molecular flexibility index (Phi) is 6.18. The van der Waals surface area contributed by atoms with Gasteiger partial charge in [-0.25, -0.2) is 4.79 Å². The predicted octanol–water partition coefficient (Wildman–Crippen LogP) is 2.45. The van der Waals surface area contributed by atoms with Gasteiger partial charge in [-0.3, -0.25) is 14.6 Å². The number of hydrogen-bond donors (Lipinski definition) is 2. The van der Waals surface area contributed by atoms with Crippen LogP contribution in [0.5, 0.6) is 0 Å². The van der Waals surface area contributed by atoms with Crippen LogP contribution in [0.15, 0.2) is 24.5 Å². The minimum atomic E-state index is -0.803. The Bertz CT molecular complexity index is 848. The molecule has 0 saturated heterocycles. The largest absolute Gasteiger partial charge is 0.462 e. The molecule has 0 spiro atoms. The predicted molar refractivity (Wildman–Crippen MR) is 102 cm³/mol. The minimum absolute atomic E-state index is 0.200. The number of carbonyl (C=O) groups is 3. The molecule has 2 aromatic rings. The molecule has 0 radical (unpaired) electrons. The van der Waals surface area contributed by atoms with E-state index < -0.39 is 17.8 Å². The van der Waals surface area contributed by atoms with Gasteiger partial charge in [-0.1, -0.05) is 6.07 Å². The molecule has 3 rings (SSSR count). The second-order valence-corrected chi connectivity index (χ2v) is 7.24. The fourth-order valence-electron chi connectivity index (χ4n) is 3.00. The maximum absolute atomic E-state index is 12.4. The normalized spacial score (nSPS) is 12.8. The van der Waals surface area contributed by atoms with Crippen LogP contribution in [0.2, 0.25) is 0 Å². The lowest BCUT2D eigenvalue weighted by Crippen LogP contribution is -2.35. The van der Waals surface area contributed by atoms with Crippen molar-refractivity contribution in [1.82, 2.24) is 10.3 Å². The van der Waals surface area contributed by atoms with Gasteiger partial charge in [0.25, 0.3) is 0 Å². The third kappa shape index (κ3) is 4.51.